The number of aromatic amines is 1. The molecule has 1 aromatic carbocycles. The van der Waals surface area contributed by atoms with Crippen molar-refractivity contribution in [3.05, 3.63) is 47.3 Å². The Kier molecular flexibility index (Phi) is 7.14. The molecule has 3 amide bonds. The molecule has 6 nitrogen and oxygen atoms in total. The fourth-order valence-electron chi connectivity index (χ4n) is 3.53. The van der Waals surface area contributed by atoms with Crippen molar-refractivity contribution in [3.8, 4) is 0 Å². The van der Waals surface area contributed by atoms with E-state index in [1.54, 1.807) is 0 Å². The molecule has 1 aromatic heterocycles. The van der Waals surface area contributed by atoms with E-state index in [0.29, 0.717) is 11.1 Å². The molecular formula is C21H28N4O2S. The molecule has 0 bridgehead atoms. The van der Waals surface area contributed by atoms with Gasteiger partial charge in [0.2, 0.25) is 5.91 Å². The number of hydrogen-bond acceptors (Lipinski definition) is 4. The maximum atomic E-state index is 12.1. The van der Waals surface area contributed by atoms with E-state index in [9.17, 15) is 9.59 Å². The molecule has 3 rings (SSSR count). The van der Waals surface area contributed by atoms with Gasteiger partial charge in [0, 0.05) is 18.2 Å². The second kappa shape index (κ2) is 9.78. The third-order valence-electron chi connectivity index (χ3n) is 5.20. The monoisotopic (exact) mass is 400 g/mol. The van der Waals surface area contributed by atoms with Gasteiger partial charge in [0.1, 0.15) is 0 Å². The first kappa shape index (κ1) is 20.5. The highest BCUT2D eigenvalue weighted by molar-refractivity contribution is 7.99. The minimum atomic E-state index is -0.398. The van der Waals surface area contributed by atoms with E-state index in [2.05, 4.69) is 39.7 Å². The minimum absolute atomic E-state index is 0.144. The largest absolute Gasteiger partial charge is 0.337 e. The van der Waals surface area contributed by atoms with Gasteiger partial charge in [0.15, 0.2) is 5.16 Å². The summed E-state index contributed by atoms with van der Waals surface area (Å²) in [7, 11) is 0. The average Bonchev–Trinajstić information content (AvgIpc) is 3.02. The third kappa shape index (κ3) is 5.86. The van der Waals surface area contributed by atoms with E-state index in [-0.39, 0.29) is 17.7 Å². The maximum Gasteiger partial charge on any atom is 0.321 e. The molecule has 1 heterocycles. The summed E-state index contributed by atoms with van der Waals surface area (Å²) in [6, 6.07) is 9.91. The highest BCUT2D eigenvalue weighted by Gasteiger charge is 2.23. The number of rotatable bonds is 6. The van der Waals surface area contributed by atoms with Gasteiger partial charge in [-0.15, -0.1) is 0 Å². The molecule has 1 saturated carbocycles. The first-order valence-corrected chi connectivity index (χ1v) is 10.8. The number of aromatic nitrogens is 2. The lowest BCUT2D eigenvalue weighted by molar-refractivity contribution is -0.117. The molecule has 3 N–H and O–H groups in total. The zero-order valence-electron chi connectivity index (χ0n) is 16.5. The summed E-state index contributed by atoms with van der Waals surface area (Å²) in [5.41, 5.74) is 3.16. The third-order valence-corrected chi connectivity index (χ3v) is 6.07. The zero-order chi connectivity index (χ0) is 19.9. The van der Waals surface area contributed by atoms with E-state index < -0.39 is 6.03 Å². The quantitative estimate of drug-likeness (QED) is 0.644. The summed E-state index contributed by atoms with van der Waals surface area (Å²) in [4.78, 5) is 32.0. The van der Waals surface area contributed by atoms with Gasteiger partial charge in [-0.05, 0) is 31.2 Å². The number of thioether (sulfide) groups is 1. The van der Waals surface area contributed by atoms with Gasteiger partial charge in [0.05, 0.1) is 11.4 Å². The van der Waals surface area contributed by atoms with Crippen molar-refractivity contribution in [3.63, 3.8) is 0 Å². The predicted octanol–water partition coefficient (Wildman–Crippen LogP) is 3.81. The number of imidazole rings is 1. The van der Waals surface area contributed by atoms with E-state index in [0.717, 1.165) is 37.1 Å². The summed E-state index contributed by atoms with van der Waals surface area (Å²) >= 11 is 1.30. The van der Waals surface area contributed by atoms with Crippen molar-refractivity contribution < 1.29 is 9.59 Å². The van der Waals surface area contributed by atoms with Crippen LogP contribution in [0.2, 0.25) is 0 Å². The van der Waals surface area contributed by atoms with Crippen molar-refractivity contribution in [2.45, 2.75) is 57.1 Å². The van der Waals surface area contributed by atoms with Crippen LogP contribution in [0, 0.1) is 12.8 Å². The van der Waals surface area contributed by atoms with Gasteiger partial charge in [0.25, 0.3) is 0 Å². The van der Waals surface area contributed by atoms with Crippen molar-refractivity contribution in [1.29, 1.82) is 0 Å². The number of benzene rings is 1. The lowest BCUT2D eigenvalue weighted by atomic mass is 9.86. The van der Waals surface area contributed by atoms with Crippen molar-refractivity contribution >= 4 is 23.7 Å². The Balaban J connectivity index is 1.45. The Morgan fingerprint density at radius 3 is 2.71 bits per heavy atom. The van der Waals surface area contributed by atoms with Gasteiger partial charge < -0.3 is 10.3 Å². The van der Waals surface area contributed by atoms with E-state index in [1.807, 2.05) is 25.1 Å². The fraction of sp³-hybridized carbons (Fsp3) is 0.476. The molecule has 7 heteroatoms. The number of nitrogens with one attached hydrogen (secondary N) is 3. The first-order chi connectivity index (χ1) is 13.5. The second-order valence-corrected chi connectivity index (χ2v) is 8.42. The number of H-pyrrole nitrogens is 1. The summed E-state index contributed by atoms with van der Waals surface area (Å²) in [6.07, 6.45) is 5.19. The summed E-state index contributed by atoms with van der Waals surface area (Å²) in [5.74, 6) is 0.286. The molecule has 0 aliphatic heterocycles. The first-order valence-electron chi connectivity index (χ1n) is 9.84. The summed E-state index contributed by atoms with van der Waals surface area (Å²) < 4.78 is 0. The number of imide groups is 1. The second-order valence-electron chi connectivity index (χ2n) is 7.45. The molecule has 0 radical (unpaired) electrons. The highest BCUT2D eigenvalue weighted by Crippen LogP contribution is 2.23. The summed E-state index contributed by atoms with van der Waals surface area (Å²) in [6.45, 7) is 4.13. The van der Waals surface area contributed by atoms with Gasteiger partial charge in [-0.1, -0.05) is 61.9 Å². The van der Waals surface area contributed by atoms with Gasteiger partial charge >= 0.3 is 6.03 Å². The van der Waals surface area contributed by atoms with E-state index in [4.69, 9.17) is 0 Å². The van der Waals surface area contributed by atoms with Crippen LogP contribution in [0.1, 0.15) is 49.6 Å². The lowest BCUT2D eigenvalue weighted by Crippen LogP contribution is -2.48. The average molecular weight is 401 g/mol. The molecule has 2 aromatic rings. The standard InChI is InChI=1S/C21H28N4O2S/c1-14-8-6-7-11-17(14)23-20(27)25-19(26)13-28-21-22-15(2)18(24-21)12-16-9-4-3-5-10-16/h3-5,9-10,14,17H,6-8,11-13H2,1-2H3,(H,22,24)(H2,23,25,26,27). The van der Waals surface area contributed by atoms with Crippen LogP contribution in [-0.4, -0.2) is 33.7 Å². The maximum absolute atomic E-state index is 12.1. The van der Waals surface area contributed by atoms with Crippen molar-refractivity contribution in [2.24, 2.45) is 5.92 Å². The molecule has 28 heavy (non-hydrogen) atoms. The van der Waals surface area contributed by atoms with E-state index >= 15 is 0 Å². The fourth-order valence-corrected chi connectivity index (χ4v) is 4.27. The van der Waals surface area contributed by atoms with Crippen LogP contribution in [0.15, 0.2) is 35.5 Å². The number of nitrogens with zero attached hydrogens (tertiary/aromatic N) is 1. The normalized spacial score (nSPS) is 19.2. The topological polar surface area (TPSA) is 86.9 Å². The molecular weight excluding hydrogens is 372 g/mol. The molecule has 1 aliphatic carbocycles. The van der Waals surface area contributed by atoms with Crippen LogP contribution in [0.5, 0.6) is 0 Å². The van der Waals surface area contributed by atoms with Crippen molar-refractivity contribution in [1.82, 2.24) is 20.6 Å². The van der Waals surface area contributed by atoms with Crippen LogP contribution in [0.3, 0.4) is 0 Å². The molecule has 150 valence electrons. The lowest BCUT2D eigenvalue weighted by Gasteiger charge is -2.29. The number of aryl methyl sites for hydroxylation is 1. The Bertz CT molecular complexity index is 806. The number of hydrogen-bond donors (Lipinski definition) is 3. The number of carbonyl (C=O) groups excluding carboxylic acids is 2. The van der Waals surface area contributed by atoms with Crippen LogP contribution in [0.25, 0.3) is 0 Å². The Morgan fingerprint density at radius 2 is 1.96 bits per heavy atom. The van der Waals surface area contributed by atoms with Gasteiger partial charge in [-0.3, -0.25) is 10.1 Å². The summed E-state index contributed by atoms with van der Waals surface area (Å²) in [5, 5.41) is 6.06. The van der Waals surface area contributed by atoms with E-state index in [1.165, 1.54) is 23.7 Å². The zero-order valence-corrected chi connectivity index (χ0v) is 17.3. The number of amides is 3. The van der Waals surface area contributed by atoms with Gasteiger partial charge in [-0.2, -0.15) is 0 Å². The van der Waals surface area contributed by atoms with Crippen LogP contribution in [0.4, 0.5) is 4.79 Å². The predicted molar refractivity (Wildman–Crippen MR) is 111 cm³/mol. The molecule has 1 aliphatic rings. The highest BCUT2D eigenvalue weighted by atomic mass is 32.2. The number of carbonyl (C=O) groups is 2. The van der Waals surface area contributed by atoms with Crippen molar-refractivity contribution in [2.75, 3.05) is 5.75 Å². The Morgan fingerprint density at radius 1 is 1.21 bits per heavy atom. The molecule has 2 unspecified atom stereocenters. The SMILES string of the molecule is Cc1[nH]c(SCC(=O)NC(=O)NC2CCCCC2C)nc1Cc1ccccc1. The molecule has 2 atom stereocenters. The van der Waals surface area contributed by atoms with Gasteiger partial charge in [-0.25, -0.2) is 9.78 Å². The smallest absolute Gasteiger partial charge is 0.321 e. The van der Waals surface area contributed by atoms with Crippen LogP contribution < -0.4 is 10.6 Å². The number of urea groups is 1. The molecule has 0 spiro atoms. The Hall–Kier alpha value is -2.28. The minimum Gasteiger partial charge on any atom is -0.337 e. The van der Waals surface area contributed by atoms with Crippen LogP contribution in [-0.2, 0) is 11.2 Å². The molecule has 0 saturated heterocycles. The Labute approximate surface area is 170 Å². The van der Waals surface area contributed by atoms with Crippen LogP contribution >= 0.6 is 11.8 Å². The molecule has 1 fully saturated rings.